The second-order valence-electron chi connectivity index (χ2n) is 4.59. The van der Waals surface area contributed by atoms with Crippen LogP contribution in [0.5, 0.6) is 0 Å². The van der Waals surface area contributed by atoms with Gasteiger partial charge in [-0.25, -0.2) is 8.42 Å². The summed E-state index contributed by atoms with van der Waals surface area (Å²) in [6.07, 6.45) is 1.19. The van der Waals surface area contributed by atoms with Gasteiger partial charge in [0.05, 0.1) is 5.75 Å². The van der Waals surface area contributed by atoms with Crippen LogP contribution >= 0.6 is 0 Å². The summed E-state index contributed by atoms with van der Waals surface area (Å²) in [5, 5.41) is 3.02. The lowest BCUT2D eigenvalue weighted by Gasteiger charge is -2.31. The zero-order chi connectivity index (χ0) is 13.7. The van der Waals surface area contributed by atoms with Gasteiger partial charge in [0.25, 0.3) is 0 Å². The zero-order valence-corrected chi connectivity index (χ0v) is 11.8. The molecule has 17 heavy (non-hydrogen) atoms. The van der Waals surface area contributed by atoms with Gasteiger partial charge in [-0.1, -0.05) is 6.92 Å². The molecule has 102 valence electrons. The molecule has 1 amide bonds. The lowest BCUT2D eigenvalue weighted by molar-refractivity contribution is -0.124. The van der Waals surface area contributed by atoms with E-state index in [1.807, 2.05) is 6.92 Å². The topological polar surface area (TPSA) is 92.5 Å². The van der Waals surface area contributed by atoms with E-state index >= 15 is 0 Å². The normalized spacial score (nSPS) is 15.8. The van der Waals surface area contributed by atoms with Crippen LogP contribution in [0.3, 0.4) is 0 Å². The van der Waals surface area contributed by atoms with Gasteiger partial charge in [0.1, 0.15) is 15.4 Å². The van der Waals surface area contributed by atoms with Gasteiger partial charge in [0.2, 0.25) is 5.91 Å². The summed E-state index contributed by atoms with van der Waals surface area (Å²) in [5.41, 5.74) is 4.51. The zero-order valence-electron chi connectivity index (χ0n) is 11.0. The maximum atomic E-state index is 11.4. The fourth-order valence-corrected chi connectivity index (χ4v) is 2.19. The van der Waals surface area contributed by atoms with E-state index < -0.39 is 21.3 Å². The molecular formula is C10H23N3O3S. The van der Waals surface area contributed by atoms with Crippen LogP contribution < -0.4 is 11.1 Å². The highest BCUT2D eigenvalue weighted by Gasteiger charge is 2.31. The predicted octanol–water partition coefficient (Wildman–Crippen LogP) is -1.18. The SMILES string of the molecule is CCNC(C)(CN(C)CCS(C)(=O)=O)C(N)=O. The van der Waals surface area contributed by atoms with E-state index in [9.17, 15) is 13.2 Å². The Hall–Kier alpha value is -0.660. The second kappa shape index (κ2) is 6.32. The monoisotopic (exact) mass is 265 g/mol. The van der Waals surface area contributed by atoms with Crippen molar-refractivity contribution in [3.8, 4) is 0 Å². The molecule has 1 atom stereocenters. The lowest BCUT2D eigenvalue weighted by atomic mass is 10.0. The molecule has 0 rings (SSSR count). The van der Waals surface area contributed by atoms with Crippen molar-refractivity contribution in [3.63, 3.8) is 0 Å². The maximum Gasteiger partial charge on any atom is 0.238 e. The number of hydrogen-bond donors (Lipinski definition) is 2. The number of amides is 1. The largest absolute Gasteiger partial charge is 0.368 e. The van der Waals surface area contributed by atoms with Crippen LogP contribution in [0.2, 0.25) is 0 Å². The molecule has 0 radical (unpaired) electrons. The molecule has 0 aliphatic rings. The van der Waals surface area contributed by atoms with Crippen molar-refractivity contribution in [2.24, 2.45) is 5.73 Å². The fraction of sp³-hybridized carbons (Fsp3) is 0.900. The summed E-state index contributed by atoms with van der Waals surface area (Å²) in [6, 6.07) is 0. The van der Waals surface area contributed by atoms with E-state index in [0.29, 0.717) is 19.6 Å². The molecule has 0 bridgehead atoms. The number of primary amides is 1. The Morgan fingerprint density at radius 3 is 2.35 bits per heavy atom. The number of hydrogen-bond acceptors (Lipinski definition) is 5. The Balaban J connectivity index is 4.42. The van der Waals surface area contributed by atoms with Gasteiger partial charge in [0.15, 0.2) is 0 Å². The molecule has 0 spiro atoms. The number of nitrogens with zero attached hydrogens (tertiary/aromatic N) is 1. The summed E-state index contributed by atoms with van der Waals surface area (Å²) in [5.74, 6) is -0.365. The number of carbonyl (C=O) groups excluding carboxylic acids is 1. The first-order chi connectivity index (χ1) is 7.60. The molecule has 3 N–H and O–H groups in total. The van der Waals surface area contributed by atoms with Crippen LogP contribution in [-0.2, 0) is 14.6 Å². The molecule has 0 heterocycles. The average Bonchev–Trinajstić information content (AvgIpc) is 2.13. The van der Waals surface area contributed by atoms with E-state index in [1.165, 1.54) is 6.26 Å². The summed E-state index contributed by atoms with van der Waals surface area (Å²) in [6.45, 7) is 4.99. The third kappa shape index (κ3) is 6.60. The van der Waals surface area contributed by atoms with Gasteiger partial charge >= 0.3 is 0 Å². The van der Waals surface area contributed by atoms with Crippen LogP contribution in [0.15, 0.2) is 0 Å². The quantitative estimate of drug-likeness (QED) is 0.576. The minimum absolute atomic E-state index is 0.0739. The van der Waals surface area contributed by atoms with Crippen molar-refractivity contribution >= 4 is 15.7 Å². The fourth-order valence-electron chi connectivity index (χ4n) is 1.55. The molecule has 6 nitrogen and oxygen atoms in total. The van der Waals surface area contributed by atoms with Crippen molar-refractivity contribution in [2.75, 3.05) is 38.7 Å². The average molecular weight is 265 g/mol. The molecule has 0 fully saturated rings. The number of nitrogens with two attached hydrogens (primary N) is 1. The van der Waals surface area contributed by atoms with Crippen LogP contribution in [-0.4, -0.2) is 63.5 Å². The highest BCUT2D eigenvalue weighted by atomic mass is 32.2. The number of likely N-dealkylation sites (N-methyl/N-ethyl adjacent to an activating group) is 2. The van der Waals surface area contributed by atoms with Gasteiger partial charge < -0.3 is 16.0 Å². The Morgan fingerprint density at radius 2 is 2.00 bits per heavy atom. The molecule has 0 saturated heterocycles. The third-order valence-electron chi connectivity index (χ3n) is 2.54. The Kier molecular flexibility index (Phi) is 6.08. The molecule has 7 heteroatoms. The van der Waals surface area contributed by atoms with E-state index in [1.54, 1.807) is 18.9 Å². The van der Waals surface area contributed by atoms with Crippen molar-refractivity contribution in [3.05, 3.63) is 0 Å². The highest BCUT2D eigenvalue weighted by molar-refractivity contribution is 7.90. The molecule has 0 aliphatic carbocycles. The minimum atomic E-state index is -2.99. The summed E-state index contributed by atoms with van der Waals surface area (Å²) >= 11 is 0. The molecule has 0 aromatic rings. The Morgan fingerprint density at radius 1 is 1.47 bits per heavy atom. The number of carbonyl (C=O) groups is 1. The molecule has 1 unspecified atom stereocenters. The number of rotatable bonds is 8. The minimum Gasteiger partial charge on any atom is -0.368 e. The first kappa shape index (κ1) is 16.3. The van der Waals surface area contributed by atoms with Gasteiger partial charge in [-0.05, 0) is 20.5 Å². The van der Waals surface area contributed by atoms with Crippen molar-refractivity contribution in [2.45, 2.75) is 19.4 Å². The van der Waals surface area contributed by atoms with Crippen molar-refractivity contribution < 1.29 is 13.2 Å². The van der Waals surface area contributed by atoms with Crippen LogP contribution in [0.25, 0.3) is 0 Å². The third-order valence-corrected chi connectivity index (χ3v) is 3.46. The highest BCUT2D eigenvalue weighted by Crippen LogP contribution is 2.05. The number of sulfone groups is 1. The van der Waals surface area contributed by atoms with Crippen molar-refractivity contribution in [1.82, 2.24) is 10.2 Å². The van der Waals surface area contributed by atoms with E-state index in [4.69, 9.17) is 5.73 Å². The molecule has 0 aromatic carbocycles. The number of nitrogens with one attached hydrogen (secondary N) is 1. The molecule has 0 aromatic heterocycles. The van der Waals surface area contributed by atoms with E-state index in [0.717, 1.165) is 0 Å². The van der Waals surface area contributed by atoms with E-state index in [2.05, 4.69) is 5.32 Å². The predicted molar refractivity (Wildman–Crippen MR) is 68.5 cm³/mol. The van der Waals surface area contributed by atoms with Gasteiger partial charge in [-0.15, -0.1) is 0 Å². The smallest absolute Gasteiger partial charge is 0.238 e. The van der Waals surface area contributed by atoms with Crippen molar-refractivity contribution in [1.29, 1.82) is 0 Å². The van der Waals surface area contributed by atoms with Crippen LogP contribution in [0.4, 0.5) is 0 Å². The van der Waals surface area contributed by atoms with Crippen LogP contribution in [0.1, 0.15) is 13.8 Å². The Bertz CT molecular complexity index is 356. The molecule has 0 aliphatic heterocycles. The molecule has 0 saturated carbocycles. The van der Waals surface area contributed by atoms with Crippen LogP contribution in [0, 0.1) is 0 Å². The summed E-state index contributed by atoms with van der Waals surface area (Å²) < 4.78 is 22.1. The van der Waals surface area contributed by atoms with Gasteiger partial charge in [-0.3, -0.25) is 4.79 Å². The first-order valence-corrected chi connectivity index (χ1v) is 7.58. The second-order valence-corrected chi connectivity index (χ2v) is 6.85. The standard InChI is InChI=1S/C10H23N3O3S/c1-5-12-10(2,9(11)14)8-13(3)6-7-17(4,15)16/h12H,5-8H2,1-4H3,(H2,11,14). The Labute approximate surface area is 103 Å². The van der Waals surface area contributed by atoms with E-state index in [-0.39, 0.29) is 5.75 Å². The van der Waals surface area contributed by atoms with Gasteiger partial charge in [-0.2, -0.15) is 0 Å². The maximum absolute atomic E-state index is 11.4. The summed E-state index contributed by atoms with van der Waals surface area (Å²) in [4.78, 5) is 13.1. The molecular weight excluding hydrogens is 242 g/mol. The summed E-state index contributed by atoms with van der Waals surface area (Å²) in [7, 11) is -1.22. The van der Waals surface area contributed by atoms with Gasteiger partial charge in [0, 0.05) is 19.3 Å². The first-order valence-electron chi connectivity index (χ1n) is 5.52. The lowest BCUT2D eigenvalue weighted by Crippen LogP contribution is -2.59.